The summed E-state index contributed by atoms with van der Waals surface area (Å²) < 4.78 is 6.91. The Kier molecular flexibility index (Phi) is 7.89. The van der Waals surface area contributed by atoms with Crippen LogP contribution in [0.4, 0.5) is 17.1 Å². The molecule has 60 heavy (non-hydrogen) atoms. The van der Waals surface area contributed by atoms with E-state index in [1.54, 1.807) is 0 Å². The number of anilines is 3. The highest BCUT2D eigenvalue weighted by atomic mass is 16.3. The normalized spacial score (nSPS) is 11.7. The standard InChI is InChI=1S/C58H37NO/c1-2-14-42-35-45(25-23-38(42)11-1)43-15-9-16-48(37-43)59(47-31-27-39(28-32-47)44-30-33-50-46(36-44)26-24-40-12-3-5-17-49(40)50)56-22-8-7-19-52(56)53-20-10-21-54-55-34-29-41-13-4-6-18-51(41)57(55)60-58(53)54/h1-37H. The summed E-state index contributed by atoms with van der Waals surface area (Å²) in [5.41, 5.74) is 11.9. The van der Waals surface area contributed by atoms with Crippen LogP contribution in [-0.2, 0) is 0 Å². The Morgan fingerprint density at radius 1 is 0.267 bits per heavy atom. The second-order valence-corrected chi connectivity index (χ2v) is 15.7. The zero-order valence-corrected chi connectivity index (χ0v) is 32.7. The number of furan rings is 1. The van der Waals surface area contributed by atoms with E-state index in [4.69, 9.17) is 4.42 Å². The molecule has 0 aliphatic heterocycles. The average Bonchev–Trinajstić information content (AvgIpc) is 3.72. The van der Waals surface area contributed by atoms with Crippen LogP contribution in [0.5, 0.6) is 0 Å². The lowest BCUT2D eigenvalue weighted by Gasteiger charge is -2.28. The second kappa shape index (κ2) is 13.9. The van der Waals surface area contributed by atoms with E-state index in [0.717, 1.165) is 61.1 Å². The molecule has 12 rings (SSSR count). The lowest BCUT2D eigenvalue weighted by molar-refractivity contribution is 0.674. The van der Waals surface area contributed by atoms with Crippen molar-refractivity contribution in [3.05, 3.63) is 224 Å². The molecule has 1 heterocycles. The zero-order chi connectivity index (χ0) is 39.6. The molecule has 0 aliphatic rings. The first kappa shape index (κ1) is 34.1. The molecule has 12 aromatic rings. The summed E-state index contributed by atoms with van der Waals surface area (Å²) in [4.78, 5) is 2.40. The SMILES string of the molecule is c1cc(-c2ccc3ccccc3c2)cc(N(c2ccc(-c3ccc4c(ccc5ccccc54)c3)cc2)c2ccccc2-c2cccc3c2oc2c4ccccc4ccc32)c1. The number of nitrogens with zero attached hydrogens (tertiary/aromatic N) is 1. The van der Waals surface area contributed by atoms with Gasteiger partial charge in [0.1, 0.15) is 11.2 Å². The predicted molar refractivity (Wildman–Crippen MR) is 255 cm³/mol. The number of fused-ring (bicyclic) bond motifs is 9. The van der Waals surface area contributed by atoms with Crippen molar-refractivity contribution in [3.8, 4) is 33.4 Å². The first-order valence-electron chi connectivity index (χ1n) is 20.6. The summed E-state index contributed by atoms with van der Waals surface area (Å²) in [5.74, 6) is 0. The van der Waals surface area contributed by atoms with Gasteiger partial charge in [-0.15, -0.1) is 0 Å². The van der Waals surface area contributed by atoms with Gasteiger partial charge in [-0.25, -0.2) is 0 Å². The molecule has 0 saturated carbocycles. The number of benzene rings is 11. The predicted octanol–water partition coefficient (Wildman–Crippen LogP) is 16.7. The van der Waals surface area contributed by atoms with Crippen molar-refractivity contribution in [3.63, 3.8) is 0 Å². The van der Waals surface area contributed by atoms with Gasteiger partial charge < -0.3 is 9.32 Å². The summed E-state index contributed by atoms with van der Waals surface area (Å²) in [6, 6.07) is 81.3. The first-order valence-corrected chi connectivity index (χ1v) is 20.6. The molecule has 2 heteroatoms. The Bertz CT molecular complexity index is 3610. The fourth-order valence-electron chi connectivity index (χ4n) is 9.25. The van der Waals surface area contributed by atoms with Crippen molar-refractivity contribution in [2.24, 2.45) is 0 Å². The van der Waals surface area contributed by atoms with Crippen molar-refractivity contribution >= 4 is 82.1 Å². The van der Waals surface area contributed by atoms with E-state index in [1.165, 1.54) is 54.4 Å². The fourth-order valence-corrected chi connectivity index (χ4v) is 9.25. The van der Waals surface area contributed by atoms with E-state index in [1.807, 2.05) is 0 Å². The molecule has 0 amide bonds. The highest BCUT2D eigenvalue weighted by molar-refractivity contribution is 6.18. The summed E-state index contributed by atoms with van der Waals surface area (Å²) in [7, 11) is 0. The van der Waals surface area contributed by atoms with Crippen LogP contribution in [0.1, 0.15) is 0 Å². The third-order valence-electron chi connectivity index (χ3n) is 12.2. The third-order valence-corrected chi connectivity index (χ3v) is 12.2. The Balaban J connectivity index is 1.02. The molecule has 0 saturated heterocycles. The molecule has 0 spiro atoms. The summed E-state index contributed by atoms with van der Waals surface area (Å²) in [6.07, 6.45) is 0. The van der Waals surface area contributed by atoms with E-state index >= 15 is 0 Å². The number of hydrogen-bond donors (Lipinski definition) is 0. The van der Waals surface area contributed by atoms with Crippen molar-refractivity contribution < 1.29 is 4.42 Å². The quantitative estimate of drug-likeness (QED) is 0.157. The highest BCUT2D eigenvalue weighted by Gasteiger charge is 2.21. The number of rotatable bonds is 6. The van der Waals surface area contributed by atoms with Gasteiger partial charge in [0, 0.05) is 38.7 Å². The molecule has 1 aromatic heterocycles. The van der Waals surface area contributed by atoms with Crippen LogP contribution < -0.4 is 4.90 Å². The van der Waals surface area contributed by atoms with Crippen LogP contribution in [0.3, 0.4) is 0 Å². The molecule has 0 radical (unpaired) electrons. The van der Waals surface area contributed by atoms with Gasteiger partial charge in [0.05, 0.1) is 5.69 Å². The Labute approximate surface area is 347 Å². The van der Waals surface area contributed by atoms with Crippen LogP contribution in [0.15, 0.2) is 229 Å². The Hall–Kier alpha value is -7.94. The molecule has 0 aliphatic carbocycles. The topological polar surface area (TPSA) is 16.4 Å². The monoisotopic (exact) mass is 763 g/mol. The summed E-state index contributed by atoms with van der Waals surface area (Å²) in [5, 5.41) is 12.1. The van der Waals surface area contributed by atoms with E-state index in [0.29, 0.717) is 0 Å². The largest absolute Gasteiger partial charge is 0.455 e. The molecule has 2 nitrogen and oxygen atoms in total. The molecule has 0 fully saturated rings. The number of hydrogen-bond acceptors (Lipinski definition) is 2. The third kappa shape index (κ3) is 5.65. The lowest BCUT2D eigenvalue weighted by Crippen LogP contribution is -2.11. The van der Waals surface area contributed by atoms with Crippen LogP contribution >= 0.6 is 0 Å². The number of para-hydroxylation sites is 2. The van der Waals surface area contributed by atoms with Gasteiger partial charge in [0.15, 0.2) is 0 Å². The molecular formula is C58H37NO. The smallest absolute Gasteiger partial charge is 0.143 e. The maximum atomic E-state index is 6.91. The van der Waals surface area contributed by atoms with Gasteiger partial charge in [-0.3, -0.25) is 0 Å². The van der Waals surface area contributed by atoms with Crippen molar-refractivity contribution in [1.82, 2.24) is 0 Å². The van der Waals surface area contributed by atoms with Gasteiger partial charge >= 0.3 is 0 Å². The molecule has 0 N–H and O–H groups in total. The minimum Gasteiger partial charge on any atom is -0.455 e. The second-order valence-electron chi connectivity index (χ2n) is 15.7. The van der Waals surface area contributed by atoms with Gasteiger partial charge in [-0.05, 0) is 108 Å². The van der Waals surface area contributed by atoms with Crippen molar-refractivity contribution in [2.45, 2.75) is 0 Å². The van der Waals surface area contributed by atoms with E-state index in [2.05, 4.69) is 229 Å². The summed E-state index contributed by atoms with van der Waals surface area (Å²) >= 11 is 0. The maximum absolute atomic E-state index is 6.91. The first-order chi connectivity index (χ1) is 29.7. The molecule has 0 unspecified atom stereocenters. The minimum atomic E-state index is 0.889. The molecule has 0 atom stereocenters. The van der Waals surface area contributed by atoms with Gasteiger partial charge in [0.2, 0.25) is 0 Å². The average molecular weight is 764 g/mol. The van der Waals surface area contributed by atoms with E-state index in [9.17, 15) is 0 Å². The van der Waals surface area contributed by atoms with Crippen LogP contribution in [0.2, 0.25) is 0 Å². The van der Waals surface area contributed by atoms with Crippen LogP contribution in [-0.4, -0.2) is 0 Å². The molecule has 0 bridgehead atoms. The van der Waals surface area contributed by atoms with E-state index < -0.39 is 0 Å². The molecule has 11 aromatic carbocycles. The van der Waals surface area contributed by atoms with Gasteiger partial charge in [-0.2, -0.15) is 0 Å². The van der Waals surface area contributed by atoms with Gasteiger partial charge in [0.25, 0.3) is 0 Å². The fraction of sp³-hybridized carbons (Fsp3) is 0. The van der Waals surface area contributed by atoms with Crippen LogP contribution in [0, 0.1) is 0 Å². The molecule has 280 valence electrons. The van der Waals surface area contributed by atoms with Crippen molar-refractivity contribution in [1.29, 1.82) is 0 Å². The van der Waals surface area contributed by atoms with Crippen LogP contribution in [0.25, 0.3) is 98.4 Å². The van der Waals surface area contributed by atoms with Crippen molar-refractivity contribution in [2.75, 3.05) is 4.90 Å². The highest BCUT2D eigenvalue weighted by Crippen LogP contribution is 2.46. The minimum absolute atomic E-state index is 0.889. The molecular weight excluding hydrogens is 727 g/mol. The maximum Gasteiger partial charge on any atom is 0.143 e. The lowest BCUT2D eigenvalue weighted by atomic mass is 9.96. The Morgan fingerprint density at radius 2 is 0.800 bits per heavy atom. The van der Waals surface area contributed by atoms with Gasteiger partial charge in [-0.1, -0.05) is 176 Å². The summed E-state index contributed by atoms with van der Waals surface area (Å²) in [6.45, 7) is 0. The Morgan fingerprint density at radius 3 is 1.68 bits per heavy atom. The zero-order valence-electron chi connectivity index (χ0n) is 32.7. The van der Waals surface area contributed by atoms with E-state index in [-0.39, 0.29) is 0 Å².